The zero-order chi connectivity index (χ0) is 14.7. The lowest BCUT2D eigenvalue weighted by Gasteiger charge is -2.19. The van der Waals surface area contributed by atoms with Gasteiger partial charge in [0.2, 0.25) is 0 Å². The van der Waals surface area contributed by atoms with Crippen molar-refractivity contribution in [3.8, 4) is 0 Å². The number of hydrogen-bond donors (Lipinski definition) is 1. The summed E-state index contributed by atoms with van der Waals surface area (Å²) in [5.74, 6) is -1.60. The Bertz CT molecular complexity index is 598. The Kier molecular flexibility index (Phi) is 5.13. The fraction of sp³-hybridized carbons (Fsp3) is 0.333. The molecule has 0 radical (unpaired) electrons. The van der Waals surface area contributed by atoms with Crippen LogP contribution in [0.15, 0.2) is 23.6 Å². The average molecular weight is 316 g/mol. The predicted octanol–water partition coefficient (Wildman–Crippen LogP) is 5.08. The normalized spacial score (nSPS) is 12.7. The van der Waals surface area contributed by atoms with E-state index in [1.165, 1.54) is 11.3 Å². The molecule has 0 aliphatic heterocycles. The molecule has 0 saturated heterocycles. The molecule has 0 aliphatic carbocycles. The van der Waals surface area contributed by atoms with Crippen molar-refractivity contribution < 1.29 is 8.78 Å². The maximum Gasteiger partial charge on any atom is 0.164 e. The minimum atomic E-state index is -0.803. The van der Waals surface area contributed by atoms with E-state index in [4.69, 9.17) is 11.6 Å². The topological polar surface area (TPSA) is 12.0 Å². The number of nitrogens with one attached hydrogen (secondary N) is 1. The zero-order valence-corrected chi connectivity index (χ0v) is 12.9. The minimum absolute atomic E-state index is 0.297. The molecule has 0 spiro atoms. The predicted molar refractivity (Wildman–Crippen MR) is 80.6 cm³/mol. The molecule has 0 amide bonds. The molecule has 1 atom stereocenters. The maximum atomic E-state index is 14.2. The van der Waals surface area contributed by atoms with E-state index in [9.17, 15) is 8.78 Å². The fourth-order valence-electron chi connectivity index (χ4n) is 2.03. The van der Waals surface area contributed by atoms with E-state index in [0.29, 0.717) is 22.7 Å². The quantitative estimate of drug-likeness (QED) is 0.811. The molecular weight excluding hydrogens is 300 g/mol. The highest BCUT2D eigenvalue weighted by Crippen LogP contribution is 2.34. The second-order valence-corrected chi connectivity index (χ2v) is 5.97. The lowest BCUT2D eigenvalue weighted by molar-refractivity contribution is 0.477. The van der Waals surface area contributed by atoms with Crippen molar-refractivity contribution in [3.05, 3.63) is 56.2 Å². The smallest absolute Gasteiger partial charge is 0.164 e. The van der Waals surface area contributed by atoms with Crippen LogP contribution < -0.4 is 5.32 Å². The fourth-order valence-corrected chi connectivity index (χ4v) is 3.29. The van der Waals surface area contributed by atoms with Crippen LogP contribution in [0.25, 0.3) is 0 Å². The monoisotopic (exact) mass is 315 g/mol. The highest BCUT2D eigenvalue weighted by Gasteiger charge is 2.23. The van der Waals surface area contributed by atoms with Crippen LogP contribution in [-0.4, -0.2) is 6.54 Å². The van der Waals surface area contributed by atoms with Gasteiger partial charge in [0.05, 0.1) is 11.1 Å². The molecule has 0 aliphatic rings. The van der Waals surface area contributed by atoms with Gasteiger partial charge in [-0.1, -0.05) is 30.7 Å². The van der Waals surface area contributed by atoms with Crippen molar-refractivity contribution in [1.82, 2.24) is 5.32 Å². The van der Waals surface area contributed by atoms with Crippen molar-refractivity contribution >= 4 is 22.9 Å². The van der Waals surface area contributed by atoms with Gasteiger partial charge in [-0.25, -0.2) is 8.78 Å². The molecule has 0 fully saturated rings. The van der Waals surface area contributed by atoms with Gasteiger partial charge in [0.15, 0.2) is 11.6 Å². The molecule has 2 aromatic rings. The number of benzene rings is 1. The average Bonchev–Trinajstić information content (AvgIpc) is 2.85. The largest absolute Gasteiger partial charge is 0.305 e. The molecule has 0 saturated carbocycles. The van der Waals surface area contributed by atoms with Gasteiger partial charge in [-0.3, -0.25) is 0 Å². The van der Waals surface area contributed by atoms with Crippen molar-refractivity contribution in [2.45, 2.75) is 26.3 Å². The SMILES string of the molecule is CCCNC(c1ccc(C)c(F)c1F)c1sccc1Cl. The van der Waals surface area contributed by atoms with Crippen LogP contribution in [0.5, 0.6) is 0 Å². The van der Waals surface area contributed by atoms with Gasteiger partial charge in [0.25, 0.3) is 0 Å². The lowest BCUT2D eigenvalue weighted by atomic mass is 10.0. The van der Waals surface area contributed by atoms with Gasteiger partial charge in [-0.2, -0.15) is 0 Å². The number of thiophene rings is 1. The third-order valence-electron chi connectivity index (χ3n) is 3.12. The van der Waals surface area contributed by atoms with Crippen LogP contribution in [0.1, 0.15) is 35.4 Å². The zero-order valence-electron chi connectivity index (χ0n) is 11.3. The summed E-state index contributed by atoms with van der Waals surface area (Å²) in [7, 11) is 0. The van der Waals surface area contributed by atoms with Gasteiger partial charge in [-0.15, -0.1) is 11.3 Å². The minimum Gasteiger partial charge on any atom is -0.305 e. The second-order valence-electron chi connectivity index (χ2n) is 4.62. The van der Waals surface area contributed by atoms with Crippen LogP contribution in [0, 0.1) is 18.6 Å². The van der Waals surface area contributed by atoms with Gasteiger partial charge in [0.1, 0.15) is 0 Å². The summed E-state index contributed by atoms with van der Waals surface area (Å²) in [4.78, 5) is 0.808. The van der Waals surface area contributed by atoms with E-state index in [-0.39, 0.29) is 0 Å². The van der Waals surface area contributed by atoms with E-state index in [2.05, 4.69) is 5.32 Å². The third kappa shape index (κ3) is 3.03. The van der Waals surface area contributed by atoms with Gasteiger partial charge in [0, 0.05) is 10.4 Å². The Morgan fingerprint density at radius 3 is 2.60 bits per heavy atom. The first-order valence-electron chi connectivity index (χ1n) is 6.47. The van der Waals surface area contributed by atoms with E-state index in [1.807, 2.05) is 12.3 Å². The summed E-state index contributed by atoms with van der Waals surface area (Å²) < 4.78 is 28.0. The molecule has 0 bridgehead atoms. The third-order valence-corrected chi connectivity index (χ3v) is 4.55. The van der Waals surface area contributed by atoms with Crippen molar-refractivity contribution in [2.24, 2.45) is 0 Å². The van der Waals surface area contributed by atoms with Crippen LogP contribution in [0.2, 0.25) is 5.02 Å². The maximum absolute atomic E-state index is 14.2. The second kappa shape index (κ2) is 6.66. The summed E-state index contributed by atoms with van der Waals surface area (Å²) in [5, 5.41) is 5.66. The first kappa shape index (κ1) is 15.4. The molecule has 20 heavy (non-hydrogen) atoms. The molecular formula is C15H16ClF2NS. The van der Waals surface area contributed by atoms with E-state index < -0.39 is 17.7 Å². The van der Waals surface area contributed by atoms with Crippen LogP contribution in [0.4, 0.5) is 8.78 Å². The Morgan fingerprint density at radius 2 is 2.00 bits per heavy atom. The van der Waals surface area contributed by atoms with E-state index >= 15 is 0 Å². The van der Waals surface area contributed by atoms with Gasteiger partial charge in [-0.05, 0) is 36.9 Å². The Hall–Kier alpha value is -0.970. The molecule has 1 aromatic carbocycles. The number of aryl methyl sites for hydroxylation is 1. The lowest BCUT2D eigenvalue weighted by Crippen LogP contribution is -2.24. The molecule has 1 aromatic heterocycles. The standard InChI is InChI=1S/C15H16ClF2NS/c1-3-7-19-14(15-11(16)6-8-20-15)10-5-4-9(2)12(17)13(10)18/h4-6,8,14,19H,3,7H2,1-2H3. The van der Waals surface area contributed by atoms with Crippen LogP contribution in [-0.2, 0) is 0 Å². The number of hydrogen-bond acceptors (Lipinski definition) is 2. The summed E-state index contributed by atoms with van der Waals surface area (Å²) in [5.41, 5.74) is 0.601. The van der Waals surface area contributed by atoms with Gasteiger partial charge < -0.3 is 5.32 Å². The summed E-state index contributed by atoms with van der Waals surface area (Å²) in [6.07, 6.45) is 0.898. The number of rotatable bonds is 5. The Labute approximate surface area is 126 Å². The van der Waals surface area contributed by atoms with Crippen LogP contribution in [0.3, 0.4) is 0 Å². The first-order chi connectivity index (χ1) is 9.56. The summed E-state index contributed by atoms with van der Waals surface area (Å²) in [6, 6.07) is 4.56. The Balaban J connectivity index is 2.47. The van der Waals surface area contributed by atoms with Crippen molar-refractivity contribution in [3.63, 3.8) is 0 Å². The Morgan fingerprint density at radius 1 is 1.25 bits per heavy atom. The van der Waals surface area contributed by atoms with Crippen molar-refractivity contribution in [1.29, 1.82) is 0 Å². The first-order valence-corrected chi connectivity index (χ1v) is 7.72. The summed E-state index contributed by atoms with van der Waals surface area (Å²) in [6.45, 7) is 4.27. The number of halogens is 3. The molecule has 108 valence electrons. The van der Waals surface area contributed by atoms with E-state index in [0.717, 1.165) is 11.3 Å². The molecule has 1 N–H and O–H groups in total. The molecule has 1 nitrogen and oxygen atoms in total. The molecule has 2 rings (SSSR count). The van der Waals surface area contributed by atoms with Crippen LogP contribution >= 0.6 is 22.9 Å². The summed E-state index contributed by atoms with van der Waals surface area (Å²) >= 11 is 7.58. The highest BCUT2D eigenvalue weighted by molar-refractivity contribution is 7.10. The molecule has 5 heteroatoms. The van der Waals surface area contributed by atoms with Crippen molar-refractivity contribution in [2.75, 3.05) is 6.54 Å². The molecule has 1 unspecified atom stereocenters. The highest BCUT2D eigenvalue weighted by atomic mass is 35.5. The van der Waals surface area contributed by atoms with Gasteiger partial charge >= 0.3 is 0 Å². The molecule has 1 heterocycles. The van der Waals surface area contributed by atoms with E-state index in [1.54, 1.807) is 25.1 Å².